The first kappa shape index (κ1) is 13.4. The van der Waals surface area contributed by atoms with Gasteiger partial charge in [-0.25, -0.2) is 4.39 Å². The molecule has 0 unspecified atom stereocenters. The lowest BCUT2D eigenvalue weighted by molar-refractivity contribution is -0.305. The second kappa shape index (κ2) is 5.40. The molecule has 0 fully saturated rings. The second-order valence-corrected chi connectivity index (χ2v) is 4.97. The number of benzene rings is 2. The van der Waals surface area contributed by atoms with Crippen LogP contribution in [-0.2, 0) is 4.79 Å². The molecule has 0 saturated heterocycles. The molecule has 106 valence electrons. The lowest BCUT2D eigenvalue weighted by atomic mass is 9.88. The number of H-pyrrole nitrogens is 1. The van der Waals surface area contributed by atoms with E-state index in [-0.39, 0.29) is 12.2 Å². The summed E-state index contributed by atoms with van der Waals surface area (Å²) >= 11 is 0. The van der Waals surface area contributed by atoms with Crippen molar-refractivity contribution in [2.24, 2.45) is 0 Å². The van der Waals surface area contributed by atoms with Crippen LogP contribution in [0.5, 0.6) is 0 Å². The zero-order valence-corrected chi connectivity index (χ0v) is 11.2. The van der Waals surface area contributed by atoms with Crippen molar-refractivity contribution in [2.45, 2.75) is 12.3 Å². The number of nitrogens with one attached hydrogen (secondary N) is 1. The molecule has 0 saturated carbocycles. The normalized spacial score (nSPS) is 12.4. The van der Waals surface area contributed by atoms with E-state index in [0.717, 1.165) is 16.5 Å². The number of halogens is 1. The molecule has 0 aliphatic rings. The van der Waals surface area contributed by atoms with Crippen LogP contribution in [0.4, 0.5) is 4.39 Å². The van der Waals surface area contributed by atoms with Crippen molar-refractivity contribution in [3.05, 3.63) is 71.7 Å². The molecule has 0 aliphatic carbocycles. The van der Waals surface area contributed by atoms with Gasteiger partial charge >= 0.3 is 0 Å². The van der Waals surface area contributed by atoms with Crippen LogP contribution in [-0.4, -0.2) is 11.0 Å². The number of hydrogen-bond acceptors (Lipinski definition) is 2. The van der Waals surface area contributed by atoms with Crippen LogP contribution in [0.15, 0.2) is 54.7 Å². The number of carboxylic acids is 1. The van der Waals surface area contributed by atoms with Crippen molar-refractivity contribution in [2.75, 3.05) is 0 Å². The van der Waals surface area contributed by atoms with Gasteiger partial charge in [0.05, 0.1) is 0 Å². The summed E-state index contributed by atoms with van der Waals surface area (Å²) < 4.78 is 13.4. The van der Waals surface area contributed by atoms with Crippen molar-refractivity contribution in [1.29, 1.82) is 0 Å². The number of para-hydroxylation sites is 1. The van der Waals surface area contributed by atoms with E-state index in [1.807, 2.05) is 24.3 Å². The second-order valence-electron chi connectivity index (χ2n) is 4.97. The predicted octanol–water partition coefficient (Wildman–Crippen LogP) is 2.58. The van der Waals surface area contributed by atoms with Crippen molar-refractivity contribution < 1.29 is 14.3 Å². The highest BCUT2D eigenvalue weighted by Crippen LogP contribution is 2.33. The Balaban J connectivity index is 2.13. The number of aromatic amines is 1. The standard InChI is InChI=1S/C17H14FNO2/c18-12-5-3-4-11(8-12)14(9-17(20)21)15-10-19-16-7-2-1-6-13(15)16/h1-8,10,14,19H,9H2,(H,20,21)/p-1/t14-/m0/s1. The summed E-state index contributed by atoms with van der Waals surface area (Å²) in [5, 5.41) is 12.0. The largest absolute Gasteiger partial charge is 0.550 e. The molecule has 2 aromatic carbocycles. The summed E-state index contributed by atoms with van der Waals surface area (Å²) in [5.41, 5.74) is 2.39. The Morgan fingerprint density at radius 3 is 2.76 bits per heavy atom. The average molecular weight is 282 g/mol. The molecule has 1 N–H and O–H groups in total. The summed E-state index contributed by atoms with van der Waals surface area (Å²) in [4.78, 5) is 14.2. The number of carbonyl (C=O) groups is 1. The van der Waals surface area contributed by atoms with Crippen LogP contribution in [0.3, 0.4) is 0 Å². The van der Waals surface area contributed by atoms with Crippen LogP contribution in [0.1, 0.15) is 23.5 Å². The van der Waals surface area contributed by atoms with E-state index < -0.39 is 11.9 Å². The van der Waals surface area contributed by atoms with Gasteiger partial charge < -0.3 is 14.9 Å². The highest BCUT2D eigenvalue weighted by atomic mass is 19.1. The number of rotatable bonds is 4. The monoisotopic (exact) mass is 282 g/mol. The van der Waals surface area contributed by atoms with Crippen LogP contribution < -0.4 is 5.11 Å². The Bertz CT molecular complexity index is 794. The van der Waals surface area contributed by atoms with Gasteiger partial charge in [-0.1, -0.05) is 30.3 Å². The van der Waals surface area contributed by atoms with Crippen molar-refractivity contribution >= 4 is 16.9 Å². The number of fused-ring (bicyclic) bond motifs is 1. The highest BCUT2D eigenvalue weighted by molar-refractivity contribution is 5.85. The number of aliphatic carboxylic acids is 1. The third kappa shape index (κ3) is 2.65. The summed E-state index contributed by atoms with van der Waals surface area (Å²) in [6, 6.07) is 13.7. The third-order valence-electron chi connectivity index (χ3n) is 3.62. The van der Waals surface area contributed by atoms with E-state index in [0.29, 0.717) is 5.56 Å². The van der Waals surface area contributed by atoms with Crippen molar-refractivity contribution in [3.63, 3.8) is 0 Å². The number of aromatic nitrogens is 1. The quantitative estimate of drug-likeness (QED) is 0.799. The summed E-state index contributed by atoms with van der Waals surface area (Å²) in [5.74, 6) is -1.98. The molecular formula is C17H13FNO2-. The van der Waals surface area contributed by atoms with E-state index in [1.165, 1.54) is 12.1 Å². The van der Waals surface area contributed by atoms with Gasteiger partial charge in [-0.15, -0.1) is 0 Å². The molecule has 0 amide bonds. The Labute approximate surface area is 121 Å². The lowest BCUT2D eigenvalue weighted by Crippen LogP contribution is -2.24. The van der Waals surface area contributed by atoms with Gasteiger partial charge in [-0.2, -0.15) is 0 Å². The van der Waals surface area contributed by atoms with Gasteiger partial charge in [0.1, 0.15) is 5.82 Å². The first-order chi connectivity index (χ1) is 10.1. The van der Waals surface area contributed by atoms with Crippen LogP contribution in [0.2, 0.25) is 0 Å². The minimum atomic E-state index is -1.16. The molecule has 21 heavy (non-hydrogen) atoms. The van der Waals surface area contributed by atoms with Gasteiger partial charge in [-0.3, -0.25) is 0 Å². The maximum atomic E-state index is 13.4. The van der Waals surface area contributed by atoms with E-state index >= 15 is 0 Å². The molecule has 3 nitrogen and oxygen atoms in total. The SMILES string of the molecule is O=C([O-])C[C@@H](c1cccc(F)c1)c1c[nH]c2ccccc12. The Hall–Kier alpha value is -2.62. The minimum Gasteiger partial charge on any atom is -0.550 e. The first-order valence-corrected chi connectivity index (χ1v) is 6.66. The zero-order valence-electron chi connectivity index (χ0n) is 11.2. The fraction of sp³-hybridized carbons (Fsp3) is 0.118. The van der Waals surface area contributed by atoms with Crippen molar-refractivity contribution in [1.82, 2.24) is 4.98 Å². The zero-order chi connectivity index (χ0) is 14.8. The van der Waals surface area contributed by atoms with Crippen LogP contribution in [0, 0.1) is 5.82 Å². The van der Waals surface area contributed by atoms with Gasteiger partial charge in [0.2, 0.25) is 0 Å². The third-order valence-corrected chi connectivity index (χ3v) is 3.62. The van der Waals surface area contributed by atoms with E-state index in [2.05, 4.69) is 4.98 Å². The molecule has 1 aromatic heterocycles. The number of carboxylic acid groups (broad SMARTS) is 1. The smallest absolute Gasteiger partial charge is 0.123 e. The topological polar surface area (TPSA) is 55.9 Å². The Morgan fingerprint density at radius 1 is 1.19 bits per heavy atom. The first-order valence-electron chi connectivity index (χ1n) is 6.66. The van der Waals surface area contributed by atoms with E-state index in [9.17, 15) is 14.3 Å². The van der Waals surface area contributed by atoms with Crippen LogP contribution in [0.25, 0.3) is 10.9 Å². The molecule has 3 rings (SSSR count). The summed E-state index contributed by atoms with van der Waals surface area (Å²) in [6.45, 7) is 0. The van der Waals surface area contributed by atoms with Gasteiger partial charge in [-0.05, 0) is 35.7 Å². The van der Waals surface area contributed by atoms with Gasteiger partial charge in [0, 0.05) is 29.0 Å². The minimum absolute atomic E-state index is 0.189. The molecule has 0 aliphatic heterocycles. The molecule has 4 heteroatoms. The molecule has 0 bridgehead atoms. The Kier molecular flexibility index (Phi) is 3.44. The molecule has 0 radical (unpaired) electrons. The fourth-order valence-corrected chi connectivity index (χ4v) is 2.68. The Morgan fingerprint density at radius 2 is 2.00 bits per heavy atom. The highest BCUT2D eigenvalue weighted by Gasteiger charge is 2.18. The van der Waals surface area contributed by atoms with Crippen molar-refractivity contribution in [3.8, 4) is 0 Å². The van der Waals surface area contributed by atoms with E-state index in [4.69, 9.17) is 0 Å². The summed E-state index contributed by atoms with van der Waals surface area (Å²) in [6.07, 6.45) is 1.59. The lowest BCUT2D eigenvalue weighted by Gasteiger charge is -2.18. The maximum absolute atomic E-state index is 13.4. The van der Waals surface area contributed by atoms with Gasteiger partial charge in [0.15, 0.2) is 0 Å². The molecule has 0 spiro atoms. The van der Waals surface area contributed by atoms with Crippen LogP contribution >= 0.6 is 0 Å². The number of hydrogen-bond donors (Lipinski definition) is 1. The molecule has 1 heterocycles. The predicted molar refractivity (Wildman–Crippen MR) is 76.2 cm³/mol. The maximum Gasteiger partial charge on any atom is 0.123 e. The average Bonchev–Trinajstić information content (AvgIpc) is 2.88. The fourth-order valence-electron chi connectivity index (χ4n) is 2.68. The molecule has 3 aromatic rings. The number of carbonyl (C=O) groups excluding carboxylic acids is 1. The summed E-state index contributed by atoms with van der Waals surface area (Å²) in [7, 11) is 0. The van der Waals surface area contributed by atoms with E-state index in [1.54, 1.807) is 18.3 Å². The molecular weight excluding hydrogens is 269 g/mol. The molecule has 1 atom stereocenters. The van der Waals surface area contributed by atoms with Gasteiger partial charge in [0.25, 0.3) is 0 Å².